The van der Waals surface area contributed by atoms with Gasteiger partial charge in [0.1, 0.15) is 0 Å². The summed E-state index contributed by atoms with van der Waals surface area (Å²) in [5.74, 6) is -0.0304. The van der Waals surface area contributed by atoms with Crippen molar-refractivity contribution in [2.24, 2.45) is 0 Å². The second-order valence-electron chi connectivity index (χ2n) is 6.50. The number of carbonyl (C=O) groups excluding carboxylic acids is 1. The quantitative estimate of drug-likeness (QED) is 0.155. The lowest BCUT2D eigenvalue weighted by Crippen LogP contribution is -2.03. The van der Waals surface area contributed by atoms with Gasteiger partial charge in [0.25, 0.3) is 0 Å². The molecule has 0 radical (unpaired) electrons. The number of unbranched alkanes of at least 4 members (excludes halogenated alkanes) is 14. The van der Waals surface area contributed by atoms with Crippen LogP contribution in [0.3, 0.4) is 0 Å². The van der Waals surface area contributed by atoms with Gasteiger partial charge in [-0.3, -0.25) is 4.79 Å². The first-order valence-electron chi connectivity index (χ1n) is 10.5. The Morgan fingerprint density at radius 1 is 0.625 bits per heavy atom. The lowest BCUT2D eigenvalue weighted by Gasteiger charge is -2.03. The predicted molar refractivity (Wildman–Crippen MR) is 107 cm³/mol. The molecule has 0 spiro atoms. The maximum Gasteiger partial charge on any atom is 0.305 e. The van der Waals surface area contributed by atoms with Crippen LogP contribution in [-0.2, 0) is 9.53 Å². The Morgan fingerprint density at radius 3 is 1.29 bits per heavy atom. The highest BCUT2D eigenvalue weighted by atomic mass is 16.5. The maximum atomic E-state index is 11.2. The number of hydrogen-bond donors (Lipinski definition) is 0. The van der Waals surface area contributed by atoms with Gasteiger partial charge < -0.3 is 4.74 Å². The first-order chi connectivity index (χ1) is 11.8. The molecule has 0 saturated heterocycles. The summed E-state index contributed by atoms with van der Waals surface area (Å²) in [6.45, 7) is 10.7. The summed E-state index contributed by atoms with van der Waals surface area (Å²) < 4.78 is 4.92. The largest absolute Gasteiger partial charge is 0.466 e. The SMILES string of the molecule is C=C.CCCCCCCCCCCCCCCCCC(=O)OCC. The van der Waals surface area contributed by atoms with E-state index in [1.807, 2.05) is 6.92 Å². The Balaban J connectivity index is 0. The van der Waals surface area contributed by atoms with E-state index in [-0.39, 0.29) is 5.97 Å². The van der Waals surface area contributed by atoms with Crippen LogP contribution in [0.25, 0.3) is 0 Å². The lowest BCUT2D eigenvalue weighted by molar-refractivity contribution is -0.143. The summed E-state index contributed by atoms with van der Waals surface area (Å²) in [6, 6.07) is 0. The molecule has 24 heavy (non-hydrogen) atoms. The Labute approximate surface area is 152 Å². The fraction of sp³-hybridized carbons (Fsp3) is 0.864. The van der Waals surface area contributed by atoms with Gasteiger partial charge in [0.05, 0.1) is 6.61 Å². The van der Waals surface area contributed by atoms with Crippen LogP contribution in [0.2, 0.25) is 0 Å². The fourth-order valence-corrected chi connectivity index (χ4v) is 2.87. The van der Waals surface area contributed by atoms with Gasteiger partial charge in [-0.15, -0.1) is 13.2 Å². The summed E-state index contributed by atoms with van der Waals surface area (Å²) in [5.41, 5.74) is 0. The number of ether oxygens (including phenoxy) is 1. The smallest absolute Gasteiger partial charge is 0.305 e. The molecule has 0 aliphatic heterocycles. The van der Waals surface area contributed by atoms with E-state index in [9.17, 15) is 4.79 Å². The molecule has 0 aliphatic rings. The molecule has 0 amide bonds. The van der Waals surface area contributed by atoms with Gasteiger partial charge in [0.15, 0.2) is 0 Å². The minimum absolute atomic E-state index is 0.0304. The zero-order valence-corrected chi connectivity index (χ0v) is 16.8. The third kappa shape index (κ3) is 23.5. The van der Waals surface area contributed by atoms with Crippen molar-refractivity contribution in [1.29, 1.82) is 0 Å². The molecule has 0 saturated carbocycles. The van der Waals surface area contributed by atoms with Gasteiger partial charge in [0.2, 0.25) is 0 Å². The van der Waals surface area contributed by atoms with Crippen LogP contribution >= 0.6 is 0 Å². The van der Waals surface area contributed by atoms with Crippen molar-refractivity contribution in [2.45, 2.75) is 117 Å². The molecule has 0 N–H and O–H groups in total. The molecule has 0 rings (SSSR count). The van der Waals surface area contributed by atoms with Gasteiger partial charge in [0, 0.05) is 6.42 Å². The Bertz CT molecular complexity index is 238. The summed E-state index contributed by atoms with van der Waals surface area (Å²) >= 11 is 0. The summed E-state index contributed by atoms with van der Waals surface area (Å²) in [7, 11) is 0. The summed E-state index contributed by atoms with van der Waals surface area (Å²) in [6.07, 6.45) is 21.0. The van der Waals surface area contributed by atoms with Crippen molar-refractivity contribution in [3.8, 4) is 0 Å². The maximum absolute atomic E-state index is 11.2. The fourth-order valence-electron chi connectivity index (χ4n) is 2.87. The van der Waals surface area contributed by atoms with Crippen LogP contribution in [0.5, 0.6) is 0 Å². The average Bonchev–Trinajstić information content (AvgIpc) is 2.60. The van der Waals surface area contributed by atoms with Crippen LogP contribution in [0, 0.1) is 0 Å². The average molecular weight is 341 g/mol. The van der Waals surface area contributed by atoms with E-state index < -0.39 is 0 Å². The first kappa shape index (κ1) is 25.5. The predicted octanol–water partition coefficient (Wildman–Crippen LogP) is 7.61. The topological polar surface area (TPSA) is 26.3 Å². The molecule has 0 heterocycles. The molecule has 0 atom stereocenters. The van der Waals surface area contributed by atoms with Crippen molar-refractivity contribution in [2.75, 3.05) is 6.61 Å². The van der Waals surface area contributed by atoms with Crippen LogP contribution in [-0.4, -0.2) is 12.6 Å². The van der Waals surface area contributed by atoms with Crippen LogP contribution in [0.4, 0.5) is 0 Å². The highest BCUT2D eigenvalue weighted by molar-refractivity contribution is 5.69. The van der Waals surface area contributed by atoms with Gasteiger partial charge >= 0.3 is 5.97 Å². The summed E-state index contributed by atoms with van der Waals surface area (Å²) in [4.78, 5) is 11.2. The Kier molecular flexibility index (Phi) is 25.9. The second-order valence-corrected chi connectivity index (χ2v) is 6.50. The normalized spacial score (nSPS) is 10.1. The molecule has 2 nitrogen and oxygen atoms in total. The summed E-state index contributed by atoms with van der Waals surface area (Å²) in [5, 5.41) is 0. The second kappa shape index (κ2) is 24.5. The molecule has 0 aliphatic carbocycles. The molecule has 0 fully saturated rings. The van der Waals surface area contributed by atoms with Crippen molar-refractivity contribution in [3.63, 3.8) is 0 Å². The molecule has 0 aromatic rings. The first-order valence-corrected chi connectivity index (χ1v) is 10.5. The van der Waals surface area contributed by atoms with E-state index in [4.69, 9.17) is 4.74 Å². The van der Waals surface area contributed by atoms with Crippen molar-refractivity contribution >= 4 is 5.97 Å². The molecule has 0 bridgehead atoms. The van der Waals surface area contributed by atoms with Gasteiger partial charge in [-0.25, -0.2) is 0 Å². The molecular formula is C22H44O2. The molecule has 0 aromatic heterocycles. The van der Waals surface area contributed by atoms with E-state index in [1.165, 1.54) is 89.9 Å². The lowest BCUT2D eigenvalue weighted by atomic mass is 10.0. The van der Waals surface area contributed by atoms with Crippen LogP contribution < -0.4 is 0 Å². The molecule has 2 heteroatoms. The highest BCUT2D eigenvalue weighted by Crippen LogP contribution is 2.13. The molecule has 144 valence electrons. The van der Waals surface area contributed by atoms with Crippen molar-refractivity contribution in [3.05, 3.63) is 13.2 Å². The number of rotatable bonds is 17. The minimum Gasteiger partial charge on any atom is -0.466 e. The minimum atomic E-state index is -0.0304. The van der Waals surface area contributed by atoms with Gasteiger partial charge in [-0.1, -0.05) is 96.8 Å². The Morgan fingerprint density at radius 2 is 0.958 bits per heavy atom. The number of carbonyl (C=O) groups is 1. The van der Waals surface area contributed by atoms with E-state index >= 15 is 0 Å². The number of esters is 1. The van der Waals surface area contributed by atoms with E-state index in [1.54, 1.807) is 0 Å². The zero-order valence-electron chi connectivity index (χ0n) is 16.8. The monoisotopic (exact) mass is 340 g/mol. The van der Waals surface area contributed by atoms with Crippen molar-refractivity contribution < 1.29 is 9.53 Å². The zero-order chi connectivity index (χ0) is 18.3. The van der Waals surface area contributed by atoms with E-state index in [2.05, 4.69) is 20.1 Å². The third-order valence-electron chi connectivity index (χ3n) is 4.29. The third-order valence-corrected chi connectivity index (χ3v) is 4.29. The molecule has 0 aromatic carbocycles. The van der Waals surface area contributed by atoms with Crippen LogP contribution in [0.15, 0.2) is 13.2 Å². The van der Waals surface area contributed by atoms with E-state index in [0.717, 1.165) is 6.42 Å². The molecular weight excluding hydrogens is 296 g/mol. The van der Waals surface area contributed by atoms with Crippen molar-refractivity contribution in [1.82, 2.24) is 0 Å². The van der Waals surface area contributed by atoms with Crippen LogP contribution in [0.1, 0.15) is 117 Å². The number of hydrogen-bond acceptors (Lipinski definition) is 2. The Hall–Kier alpha value is -0.790. The molecule has 0 unspecified atom stereocenters. The highest BCUT2D eigenvalue weighted by Gasteiger charge is 2.00. The standard InChI is InChI=1S/C20H40O2.C2H4/c1-3-5-6-7-8-9-10-11-12-13-14-15-16-17-18-19-20(21)22-4-2;1-2/h3-19H2,1-2H3;1-2H2. The van der Waals surface area contributed by atoms with Gasteiger partial charge in [-0.05, 0) is 13.3 Å². The van der Waals surface area contributed by atoms with E-state index in [0.29, 0.717) is 13.0 Å². The van der Waals surface area contributed by atoms with Gasteiger partial charge in [-0.2, -0.15) is 0 Å².